The highest BCUT2D eigenvalue weighted by atomic mass is 32.2. The first-order valence-electron chi connectivity index (χ1n) is 4.86. The van der Waals surface area contributed by atoms with Gasteiger partial charge in [-0.1, -0.05) is 0 Å². The summed E-state index contributed by atoms with van der Waals surface area (Å²) in [5.74, 6) is 0.0939. The Morgan fingerprint density at radius 2 is 2.20 bits per heavy atom. The predicted octanol–water partition coefficient (Wildman–Crippen LogP) is 0.729. The number of nitrogens with zero attached hydrogens (tertiary/aromatic N) is 2. The first-order valence-corrected chi connectivity index (χ1v) is 6.51. The van der Waals surface area contributed by atoms with Gasteiger partial charge in [0.05, 0.1) is 11.4 Å². The highest BCUT2D eigenvalue weighted by Gasteiger charge is 2.16. The van der Waals surface area contributed by atoms with Crippen molar-refractivity contribution in [1.29, 1.82) is 0 Å². The average Bonchev–Trinajstić information content (AvgIpc) is 2.45. The molecule has 0 aliphatic rings. The zero-order valence-electron chi connectivity index (χ0n) is 9.48. The summed E-state index contributed by atoms with van der Waals surface area (Å²) in [5.41, 5.74) is 1.76. The maximum atomic E-state index is 11.4. The lowest BCUT2D eigenvalue weighted by Crippen LogP contribution is -2.28. The van der Waals surface area contributed by atoms with Crippen molar-refractivity contribution in [3.63, 3.8) is 0 Å². The Balaban J connectivity index is 2.86. The molecule has 0 saturated carbocycles. The van der Waals surface area contributed by atoms with Crippen molar-refractivity contribution in [3.05, 3.63) is 17.5 Å². The summed E-state index contributed by atoms with van der Waals surface area (Å²) in [6, 6.07) is -0.233. The number of hydrogen-bond donors (Lipinski definition) is 1. The number of hydrogen-bond acceptors (Lipinski definition) is 3. The summed E-state index contributed by atoms with van der Waals surface area (Å²) in [4.78, 5) is 0. The zero-order valence-corrected chi connectivity index (χ0v) is 10.3. The molecule has 0 radical (unpaired) electrons. The second-order valence-electron chi connectivity index (χ2n) is 3.59. The summed E-state index contributed by atoms with van der Waals surface area (Å²) in [6.45, 7) is 5.30. The summed E-state index contributed by atoms with van der Waals surface area (Å²) in [6.07, 6.45) is 1.83. The molecule has 0 bridgehead atoms. The molecule has 0 saturated heterocycles. The maximum absolute atomic E-state index is 11.4. The van der Waals surface area contributed by atoms with E-state index in [0.717, 1.165) is 11.3 Å². The van der Waals surface area contributed by atoms with Crippen LogP contribution in [0, 0.1) is 6.92 Å². The molecule has 0 aliphatic carbocycles. The molecule has 0 aliphatic heterocycles. The van der Waals surface area contributed by atoms with Crippen molar-refractivity contribution < 1.29 is 8.42 Å². The topological polar surface area (TPSA) is 64.0 Å². The molecule has 86 valence electrons. The summed E-state index contributed by atoms with van der Waals surface area (Å²) in [5, 5.41) is 4.17. The third kappa shape index (κ3) is 3.04. The molecule has 0 fully saturated rings. The Hall–Kier alpha value is -0.880. The van der Waals surface area contributed by atoms with Crippen LogP contribution in [-0.4, -0.2) is 24.0 Å². The summed E-state index contributed by atoms with van der Waals surface area (Å²) >= 11 is 0. The molecule has 15 heavy (non-hydrogen) atoms. The second kappa shape index (κ2) is 4.32. The molecular weight excluding hydrogens is 214 g/mol. The van der Waals surface area contributed by atoms with Crippen molar-refractivity contribution >= 4 is 10.0 Å². The van der Waals surface area contributed by atoms with Gasteiger partial charge in [0, 0.05) is 24.8 Å². The predicted molar refractivity (Wildman–Crippen MR) is 59.0 cm³/mol. The Morgan fingerprint density at radius 1 is 1.60 bits per heavy atom. The molecule has 0 aromatic carbocycles. The van der Waals surface area contributed by atoms with Crippen LogP contribution in [0.5, 0.6) is 0 Å². The molecule has 1 unspecified atom stereocenters. The molecule has 1 aromatic heterocycles. The second-order valence-corrected chi connectivity index (χ2v) is 5.63. The standard InChI is InChI=1S/C9H17N3O2S/c1-5-15(13,14)11-8(3)9-6-12(4)10-7(9)2/h6,8,11H,5H2,1-4H3. The van der Waals surface area contributed by atoms with Gasteiger partial charge in [-0.25, -0.2) is 13.1 Å². The molecule has 1 heterocycles. The fourth-order valence-electron chi connectivity index (χ4n) is 1.46. The molecule has 1 rings (SSSR count). The van der Waals surface area contributed by atoms with Crippen molar-refractivity contribution in [3.8, 4) is 0 Å². The molecule has 6 heteroatoms. The minimum atomic E-state index is -3.16. The molecule has 0 spiro atoms. The molecule has 1 N–H and O–H groups in total. The van der Waals surface area contributed by atoms with Crippen molar-refractivity contribution in [1.82, 2.24) is 14.5 Å². The third-order valence-electron chi connectivity index (χ3n) is 2.25. The van der Waals surface area contributed by atoms with Crippen molar-refractivity contribution in [2.45, 2.75) is 26.8 Å². The van der Waals surface area contributed by atoms with E-state index in [9.17, 15) is 8.42 Å². The largest absolute Gasteiger partial charge is 0.275 e. The first-order chi connectivity index (χ1) is 6.85. The maximum Gasteiger partial charge on any atom is 0.211 e. The Labute approximate surface area is 90.5 Å². The van der Waals surface area contributed by atoms with Gasteiger partial charge in [-0.05, 0) is 20.8 Å². The number of aromatic nitrogens is 2. The van der Waals surface area contributed by atoms with E-state index in [1.807, 2.05) is 27.1 Å². The van der Waals surface area contributed by atoms with Gasteiger partial charge in [-0.3, -0.25) is 4.68 Å². The van der Waals surface area contributed by atoms with E-state index >= 15 is 0 Å². The quantitative estimate of drug-likeness (QED) is 0.830. The third-order valence-corrected chi connectivity index (χ3v) is 3.73. The zero-order chi connectivity index (χ0) is 11.6. The lowest BCUT2D eigenvalue weighted by atomic mass is 10.1. The molecular formula is C9H17N3O2S. The van der Waals surface area contributed by atoms with Gasteiger partial charge in [-0.15, -0.1) is 0 Å². The van der Waals surface area contributed by atoms with E-state index in [2.05, 4.69) is 9.82 Å². The van der Waals surface area contributed by atoms with Crippen molar-refractivity contribution in [2.24, 2.45) is 7.05 Å². The highest BCUT2D eigenvalue weighted by Crippen LogP contribution is 2.16. The van der Waals surface area contributed by atoms with Crippen LogP contribution in [0.1, 0.15) is 31.1 Å². The van der Waals surface area contributed by atoms with Crippen LogP contribution in [-0.2, 0) is 17.1 Å². The Bertz CT molecular complexity index is 436. The average molecular weight is 231 g/mol. The normalized spacial score (nSPS) is 14.1. The van der Waals surface area contributed by atoms with Crippen LogP contribution >= 0.6 is 0 Å². The molecule has 1 aromatic rings. The molecule has 0 amide bonds. The van der Waals surface area contributed by atoms with Crippen LogP contribution in [0.25, 0.3) is 0 Å². The van der Waals surface area contributed by atoms with E-state index in [1.165, 1.54) is 0 Å². The Kier molecular flexibility index (Phi) is 3.51. The SMILES string of the molecule is CCS(=O)(=O)NC(C)c1cn(C)nc1C. The van der Waals surface area contributed by atoms with E-state index in [4.69, 9.17) is 0 Å². The number of rotatable bonds is 4. The van der Waals surface area contributed by atoms with Gasteiger partial charge < -0.3 is 0 Å². The van der Waals surface area contributed by atoms with Crippen LogP contribution in [0.2, 0.25) is 0 Å². The van der Waals surface area contributed by atoms with Crippen LogP contribution in [0.4, 0.5) is 0 Å². The lowest BCUT2D eigenvalue weighted by molar-refractivity contribution is 0.567. The summed E-state index contributed by atoms with van der Waals surface area (Å²) in [7, 11) is -1.34. The van der Waals surface area contributed by atoms with Gasteiger partial charge in [0.25, 0.3) is 0 Å². The number of nitrogens with one attached hydrogen (secondary N) is 1. The molecule has 5 nitrogen and oxygen atoms in total. The summed E-state index contributed by atoms with van der Waals surface area (Å²) < 4.78 is 27.0. The van der Waals surface area contributed by atoms with Crippen LogP contribution in [0.3, 0.4) is 0 Å². The van der Waals surface area contributed by atoms with E-state index in [0.29, 0.717) is 0 Å². The van der Waals surface area contributed by atoms with Gasteiger partial charge >= 0.3 is 0 Å². The van der Waals surface area contributed by atoms with Gasteiger partial charge in [0.2, 0.25) is 10.0 Å². The fourth-order valence-corrected chi connectivity index (χ4v) is 2.29. The number of aryl methyl sites for hydroxylation is 2. The van der Waals surface area contributed by atoms with Gasteiger partial charge in [-0.2, -0.15) is 5.10 Å². The monoisotopic (exact) mass is 231 g/mol. The number of sulfonamides is 1. The van der Waals surface area contributed by atoms with E-state index in [-0.39, 0.29) is 11.8 Å². The van der Waals surface area contributed by atoms with Gasteiger partial charge in [0.1, 0.15) is 0 Å². The minimum Gasteiger partial charge on any atom is -0.275 e. The van der Waals surface area contributed by atoms with Gasteiger partial charge in [0.15, 0.2) is 0 Å². The highest BCUT2D eigenvalue weighted by molar-refractivity contribution is 7.89. The van der Waals surface area contributed by atoms with Crippen LogP contribution in [0.15, 0.2) is 6.20 Å². The lowest BCUT2D eigenvalue weighted by Gasteiger charge is -2.12. The van der Waals surface area contributed by atoms with E-state index < -0.39 is 10.0 Å². The smallest absolute Gasteiger partial charge is 0.211 e. The fraction of sp³-hybridized carbons (Fsp3) is 0.667. The first kappa shape index (κ1) is 12.2. The minimum absolute atomic E-state index is 0.0939. The van der Waals surface area contributed by atoms with E-state index in [1.54, 1.807) is 11.6 Å². The van der Waals surface area contributed by atoms with Crippen LogP contribution < -0.4 is 4.72 Å². The van der Waals surface area contributed by atoms with Crippen molar-refractivity contribution in [2.75, 3.05) is 5.75 Å². The Morgan fingerprint density at radius 3 is 2.60 bits per heavy atom. The molecule has 1 atom stereocenters.